The van der Waals surface area contributed by atoms with Crippen molar-refractivity contribution in [3.63, 3.8) is 0 Å². The topological polar surface area (TPSA) is 147 Å². The Morgan fingerprint density at radius 2 is 1.75 bits per heavy atom. The van der Waals surface area contributed by atoms with Gasteiger partial charge < -0.3 is 24.4 Å². The number of nitrogens with one attached hydrogen (secondary N) is 2. The highest BCUT2D eigenvalue weighted by Gasteiger charge is 2.83. The number of rotatable bonds is 12. The molecule has 2 aromatic carbocycles. The van der Waals surface area contributed by atoms with Crippen molar-refractivity contribution in [2.45, 2.75) is 108 Å². The molecular weight excluding hydrogens is 793 g/mol. The van der Waals surface area contributed by atoms with Crippen LogP contribution in [0.2, 0.25) is 0 Å². The van der Waals surface area contributed by atoms with Gasteiger partial charge in [-0.3, -0.25) is 28.7 Å². The fraction of sp³-hybridized carbons (Fsp3) is 0.477. The summed E-state index contributed by atoms with van der Waals surface area (Å²) in [5, 5.41) is 6.22. The van der Waals surface area contributed by atoms with Crippen molar-refractivity contribution < 1.29 is 37.4 Å². The molecule has 12 nitrogen and oxygen atoms in total. The van der Waals surface area contributed by atoms with Crippen molar-refractivity contribution in [3.05, 3.63) is 94.6 Å². The molecular formula is C44H49FN5O7PS. The summed E-state index contributed by atoms with van der Waals surface area (Å²) in [4.78, 5) is 63.6. The second-order valence-electron chi connectivity index (χ2n) is 17.6. The molecule has 2 saturated carbocycles. The van der Waals surface area contributed by atoms with Gasteiger partial charge in [-0.05, 0) is 136 Å². The fourth-order valence-corrected chi connectivity index (χ4v) is 12.8. The predicted molar refractivity (Wildman–Crippen MR) is 221 cm³/mol. The maximum atomic E-state index is 16.6. The van der Waals surface area contributed by atoms with E-state index in [1.807, 2.05) is 22.1 Å². The lowest BCUT2D eigenvalue weighted by atomic mass is 9.89. The van der Waals surface area contributed by atoms with Gasteiger partial charge in [0.15, 0.2) is 0 Å². The third-order valence-electron chi connectivity index (χ3n) is 13.2. The number of pyridine rings is 1. The lowest BCUT2D eigenvalue weighted by Gasteiger charge is -2.43. The molecule has 310 valence electrons. The highest BCUT2D eigenvalue weighted by atomic mass is 32.1. The van der Waals surface area contributed by atoms with Crippen LogP contribution in [0.1, 0.15) is 97.5 Å². The molecule has 3 amide bonds. The van der Waals surface area contributed by atoms with Crippen LogP contribution in [0.25, 0.3) is 10.1 Å². The summed E-state index contributed by atoms with van der Waals surface area (Å²) in [6, 6.07) is 14.0. The second-order valence-corrected chi connectivity index (χ2v) is 20.8. The van der Waals surface area contributed by atoms with Crippen molar-refractivity contribution in [2.75, 3.05) is 13.1 Å². The Hall–Kier alpha value is -4.65. The second kappa shape index (κ2) is 14.8. The minimum atomic E-state index is -4.45. The zero-order valence-corrected chi connectivity index (χ0v) is 35.3. The summed E-state index contributed by atoms with van der Waals surface area (Å²) < 4.78 is 42.7. The normalized spacial score (nSPS) is 27.9. The third-order valence-corrected chi connectivity index (χ3v) is 16.4. The first-order valence-electron chi connectivity index (χ1n) is 20.5. The minimum absolute atomic E-state index is 0.0232. The van der Waals surface area contributed by atoms with Gasteiger partial charge in [-0.25, -0.2) is 9.48 Å². The number of fused-ring (bicyclic) bond motifs is 2. The number of hydrogen-bond donors (Lipinski definition) is 2. The summed E-state index contributed by atoms with van der Waals surface area (Å²) in [6.45, 7) is 8.05. The molecule has 6 atom stereocenters. The first-order chi connectivity index (χ1) is 28.2. The van der Waals surface area contributed by atoms with E-state index in [2.05, 4.69) is 22.3 Å². The smallest absolute Gasteiger partial charge is 0.355 e. The van der Waals surface area contributed by atoms with Gasteiger partial charge in [0.25, 0.3) is 5.91 Å². The number of carbonyl (C=O) groups is 4. The first-order valence-corrected chi connectivity index (χ1v) is 23.0. The molecule has 59 heavy (non-hydrogen) atoms. The lowest BCUT2D eigenvalue weighted by Crippen LogP contribution is -2.59. The molecule has 5 aliphatic rings. The molecule has 5 heterocycles. The monoisotopic (exact) mass is 841 g/mol. The van der Waals surface area contributed by atoms with Gasteiger partial charge in [-0.15, -0.1) is 11.3 Å². The van der Waals surface area contributed by atoms with Crippen molar-refractivity contribution in [1.29, 1.82) is 0 Å². The van der Waals surface area contributed by atoms with E-state index in [0.717, 1.165) is 36.8 Å². The lowest BCUT2D eigenvalue weighted by molar-refractivity contribution is -0.149. The number of ether oxygens (including phenoxy) is 1. The number of alkyl halides is 1. The molecule has 2 unspecified atom stereocenters. The minimum Gasteiger partial charge on any atom is -0.462 e. The van der Waals surface area contributed by atoms with Crippen LogP contribution < -0.4 is 14.9 Å². The molecule has 2 aliphatic carbocycles. The molecule has 2 aromatic heterocycles. The Bertz CT molecular complexity index is 2380. The van der Waals surface area contributed by atoms with Gasteiger partial charge in [0.2, 0.25) is 17.7 Å². The SMILES string of the molecule is Cc1ccncc1C1CN(C(=O)[C@@H]2CC[C@@H]3CC45CC4(C[C@H](NC(=O)c4cc6cc(C(F)P(=O)(N[C@@H](C)C(=O)OC(C)C)Oc7ccccc7)ccc6s4)C(=O)N32)C5)C1. The molecule has 5 fully saturated rings. The van der Waals surface area contributed by atoms with Crippen LogP contribution in [0.4, 0.5) is 4.39 Å². The third kappa shape index (κ3) is 7.24. The number of carbonyl (C=O) groups excluding carboxylic acids is 4. The van der Waals surface area contributed by atoms with Crippen LogP contribution in [0, 0.1) is 17.8 Å². The average Bonchev–Trinajstić information content (AvgIpc) is 3.72. The van der Waals surface area contributed by atoms with Crippen LogP contribution >= 0.6 is 18.9 Å². The van der Waals surface area contributed by atoms with Crippen LogP contribution in [-0.4, -0.2) is 81.8 Å². The molecule has 0 radical (unpaired) electrons. The molecule has 3 saturated heterocycles. The van der Waals surface area contributed by atoms with Crippen molar-refractivity contribution in [2.24, 2.45) is 10.8 Å². The van der Waals surface area contributed by atoms with E-state index >= 15 is 4.39 Å². The van der Waals surface area contributed by atoms with Crippen LogP contribution in [0.5, 0.6) is 5.75 Å². The van der Waals surface area contributed by atoms with Crippen molar-refractivity contribution >= 4 is 52.6 Å². The Morgan fingerprint density at radius 3 is 2.47 bits per heavy atom. The number of thiophene rings is 1. The van der Waals surface area contributed by atoms with Crippen LogP contribution in [0.3, 0.4) is 0 Å². The standard InChI is InChI=1S/C44H49FN5O7PS/c1-25(2)56-42(54)27(4)48-58(55,57-32-8-6-5-7-9-32)38(45)28-10-13-36-29(16-28)17-37(59-36)39(51)47-34-19-44-23-43(44,24-44)18-31-11-12-35(50(31)40(34)52)41(53)49-21-30(22-49)33-20-46-15-14-26(33)3/h5-10,13-17,20,25,27,30-31,34-35,38H,11-12,18-19,21-24H2,1-4H3,(H,47,51)(H,48,55)/t27-,31+,34-,35-,38?,43?,44?,58?/m0/s1. The number of nitrogens with zero attached hydrogens (tertiary/aromatic N) is 3. The molecule has 9 rings (SSSR count). The number of benzene rings is 2. The highest BCUT2D eigenvalue weighted by Crippen LogP contribution is 2.90. The van der Waals surface area contributed by atoms with Gasteiger partial charge in [0, 0.05) is 42.1 Å². The maximum absolute atomic E-state index is 16.6. The van der Waals surface area contributed by atoms with Crippen LogP contribution in [-0.2, 0) is 23.7 Å². The number of aryl methyl sites for hydroxylation is 1. The summed E-state index contributed by atoms with van der Waals surface area (Å²) in [5.41, 5.74) is 2.60. The summed E-state index contributed by atoms with van der Waals surface area (Å²) >= 11 is 1.21. The van der Waals surface area contributed by atoms with E-state index in [-0.39, 0.29) is 45.9 Å². The number of hydrogen-bond acceptors (Lipinski definition) is 9. The fourth-order valence-electron chi connectivity index (χ4n) is 9.91. The number of amides is 3. The van der Waals surface area contributed by atoms with Gasteiger partial charge in [-0.1, -0.05) is 24.3 Å². The van der Waals surface area contributed by atoms with Gasteiger partial charge in [-0.2, -0.15) is 0 Å². The van der Waals surface area contributed by atoms with E-state index in [0.29, 0.717) is 40.9 Å². The van der Waals surface area contributed by atoms with Gasteiger partial charge >= 0.3 is 13.5 Å². The largest absolute Gasteiger partial charge is 0.462 e. The van der Waals surface area contributed by atoms with E-state index in [1.54, 1.807) is 62.5 Å². The van der Waals surface area contributed by atoms with E-state index in [9.17, 15) is 23.7 Å². The van der Waals surface area contributed by atoms with Crippen molar-refractivity contribution in [3.8, 4) is 5.75 Å². The number of halogens is 1. The number of para-hydroxylation sites is 1. The van der Waals surface area contributed by atoms with E-state index in [4.69, 9.17) is 9.26 Å². The first kappa shape index (κ1) is 39.8. The Morgan fingerprint density at radius 1 is 1.00 bits per heavy atom. The zero-order valence-electron chi connectivity index (χ0n) is 33.6. The Balaban J connectivity index is 0.920. The Labute approximate surface area is 346 Å². The Kier molecular flexibility index (Phi) is 9.99. The molecule has 0 bridgehead atoms. The predicted octanol–water partition coefficient (Wildman–Crippen LogP) is 7.43. The van der Waals surface area contributed by atoms with E-state index < -0.39 is 49.5 Å². The average molecular weight is 842 g/mol. The van der Waals surface area contributed by atoms with Crippen molar-refractivity contribution in [1.82, 2.24) is 25.2 Å². The zero-order chi connectivity index (χ0) is 41.4. The number of likely N-dealkylation sites (tertiary alicyclic amines) is 1. The summed E-state index contributed by atoms with van der Waals surface area (Å²) in [6.07, 6.45) is 8.14. The molecule has 3 aliphatic heterocycles. The van der Waals surface area contributed by atoms with Crippen LogP contribution in [0.15, 0.2) is 73.1 Å². The quantitative estimate of drug-likeness (QED) is 0.110. The molecule has 0 spiro atoms. The summed E-state index contributed by atoms with van der Waals surface area (Å²) in [7, 11) is -4.45. The molecule has 4 aromatic rings. The van der Waals surface area contributed by atoms with E-state index in [1.165, 1.54) is 30.4 Å². The molecule has 15 heteroatoms. The molecule has 2 N–H and O–H groups in total. The van der Waals surface area contributed by atoms with Gasteiger partial charge in [0.05, 0.1) is 11.0 Å². The number of esters is 1. The summed E-state index contributed by atoms with van der Waals surface area (Å²) in [5.74, 6) is -3.15. The maximum Gasteiger partial charge on any atom is 0.355 e. The van der Waals surface area contributed by atoms with Gasteiger partial charge in [0.1, 0.15) is 23.9 Å². The highest BCUT2D eigenvalue weighted by molar-refractivity contribution is 7.57. The number of aromatic nitrogens is 1.